The molecule has 0 fully saturated rings. The van der Waals surface area contributed by atoms with E-state index in [4.69, 9.17) is 0 Å². The molecule has 1 rings (SSSR count). The Morgan fingerprint density at radius 3 is 2.57 bits per heavy atom. The summed E-state index contributed by atoms with van der Waals surface area (Å²) in [5.41, 5.74) is 0.856. The minimum Gasteiger partial charge on any atom is -0.381 e. The predicted molar refractivity (Wildman–Crippen MR) is 23.0 cm³/mol. The molecule has 0 aliphatic rings. The molecule has 1 N–H and O–H groups in total. The summed E-state index contributed by atoms with van der Waals surface area (Å²) in [4.78, 5) is 6.48. The van der Waals surface area contributed by atoms with E-state index in [1.54, 1.807) is 12.5 Å². The molecule has 1 heterocycles. The Bertz CT molecular complexity index is 113. The van der Waals surface area contributed by atoms with E-state index in [1.165, 1.54) is 0 Å². The molecule has 0 saturated carbocycles. The monoisotopic (exact) mass is 120 g/mol. The normalized spacial score (nSPS) is 7.43. The largest absolute Gasteiger partial charge is 1.00 e. The average Bonchev–Trinajstić information content (AvgIpc) is 1.86. The minimum absolute atomic E-state index is 0. The van der Waals surface area contributed by atoms with Crippen molar-refractivity contribution in [2.45, 2.75) is 0 Å². The number of nitrogens with one attached hydrogen (secondary N) is 1. The van der Waals surface area contributed by atoms with E-state index in [0.29, 0.717) is 0 Å². The molecular weight excluding hydrogens is 115 g/mol. The van der Waals surface area contributed by atoms with Gasteiger partial charge in [0.2, 0.25) is 0 Å². The van der Waals surface area contributed by atoms with E-state index >= 15 is 0 Å². The first-order valence-corrected chi connectivity index (χ1v) is 1.70. The molecular formula is C4H5KN2. The van der Waals surface area contributed by atoms with Gasteiger partial charge in [0.25, 0.3) is 0 Å². The van der Waals surface area contributed by atoms with Crippen molar-refractivity contribution in [3.05, 3.63) is 25.1 Å². The Labute approximate surface area is 85.1 Å². The second-order valence-electron chi connectivity index (χ2n) is 1.08. The summed E-state index contributed by atoms with van der Waals surface area (Å²) in [7, 11) is 0. The Kier molecular flexibility index (Phi) is 4.06. The Morgan fingerprint density at radius 1 is 1.71 bits per heavy atom. The van der Waals surface area contributed by atoms with Crippen LogP contribution in [0.15, 0.2) is 12.5 Å². The predicted octanol–water partition coefficient (Wildman–Crippen LogP) is -2.40. The topological polar surface area (TPSA) is 28.7 Å². The molecule has 0 aliphatic heterocycles. The number of hydrogen-bond donors (Lipinski definition) is 1. The maximum atomic E-state index is 3.70. The number of rotatable bonds is 0. The molecule has 0 bridgehead atoms. The average molecular weight is 120 g/mol. The van der Waals surface area contributed by atoms with Crippen molar-refractivity contribution in [2.24, 2.45) is 0 Å². The van der Waals surface area contributed by atoms with Crippen molar-refractivity contribution in [2.75, 3.05) is 0 Å². The van der Waals surface area contributed by atoms with Crippen molar-refractivity contribution < 1.29 is 51.4 Å². The molecule has 0 amide bonds. The molecule has 0 saturated heterocycles. The third kappa shape index (κ3) is 2.51. The van der Waals surface area contributed by atoms with Crippen LogP contribution in [0.1, 0.15) is 5.69 Å². The van der Waals surface area contributed by atoms with Gasteiger partial charge in [0.05, 0.1) is 6.33 Å². The van der Waals surface area contributed by atoms with E-state index in [0.717, 1.165) is 5.69 Å². The van der Waals surface area contributed by atoms with Crippen molar-refractivity contribution in [3.63, 3.8) is 0 Å². The van der Waals surface area contributed by atoms with Crippen LogP contribution in [0, 0.1) is 6.92 Å². The Hall–Kier alpha value is 0.716. The first-order chi connectivity index (χ1) is 2.89. The van der Waals surface area contributed by atoms with Gasteiger partial charge in [-0.15, -0.1) is 5.69 Å². The molecule has 0 aliphatic carbocycles. The van der Waals surface area contributed by atoms with Gasteiger partial charge in [-0.3, -0.25) is 0 Å². The molecule has 0 unspecified atom stereocenters. The van der Waals surface area contributed by atoms with Crippen LogP contribution in [-0.4, -0.2) is 9.97 Å². The van der Waals surface area contributed by atoms with Crippen LogP contribution in [-0.2, 0) is 0 Å². The first kappa shape index (κ1) is 7.72. The number of aromatic nitrogens is 2. The summed E-state index contributed by atoms with van der Waals surface area (Å²) in [6.45, 7) is 3.56. The molecule has 1 aromatic rings. The van der Waals surface area contributed by atoms with Crippen LogP contribution in [0.2, 0.25) is 0 Å². The molecule has 1 aromatic heterocycles. The molecule has 0 radical (unpaired) electrons. The zero-order valence-corrected chi connectivity index (χ0v) is 7.43. The van der Waals surface area contributed by atoms with E-state index in [1.807, 2.05) is 0 Å². The van der Waals surface area contributed by atoms with E-state index in [9.17, 15) is 0 Å². The van der Waals surface area contributed by atoms with Crippen LogP contribution in [0.25, 0.3) is 0 Å². The fourth-order valence-corrected chi connectivity index (χ4v) is 0.285. The summed E-state index contributed by atoms with van der Waals surface area (Å²) < 4.78 is 0. The van der Waals surface area contributed by atoms with Crippen molar-refractivity contribution in [3.8, 4) is 0 Å². The second kappa shape index (κ2) is 3.69. The first-order valence-electron chi connectivity index (χ1n) is 1.70. The van der Waals surface area contributed by atoms with Gasteiger partial charge in [-0.25, -0.2) is 6.92 Å². The van der Waals surface area contributed by atoms with Crippen molar-refractivity contribution in [1.82, 2.24) is 9.97 Å². The van der Waals surface area contributed by atoms with E-state index in [2.05, 4.69) is 16.9 Å². The number of H-pyrrole nitrogens is 1. The van der Waals surface area contributed by atoms with Gasteiger partial charge in [0.15, 0.2) is 0 Å². The smallest absolute Gasteiger partial charge is 0.381 e. The number of hydrogen-bond acceptors (Lipinski definition) is 1. The molecule has 2 nitrogen and oxygen atoms in total. The van der Waals surface area contributed by atoms with Gasteiger partial charge in [0, 0.05) is 0 Å². The van der Waals surface area contributed by atoms with Crippen LogP contribution in [0.5, 0.6) is 0 Å². The maximum absolute atomic E-state index is 3.70. The van der Waals surface area contributed by atoms with Gasteiger partial charge in [-0.05, 0) is 0 Å². The summed E-state index contributed by atoms with van der Waals surface area (Å²) in [5.74, 6) is 0. The minimum atomic E-state index is 0. The third-order valence-corrected chi connectivity index (χ3v) is 0.555. The fraction of sp³-hybridized carbons (Fsp3) is 0. The maximum Gasteiger partial charge on any atom is 1.00 e. The zero-order chi connectivity index (χ0) is 4.41. The summed E-state index contributed by atoms with van der Waals surface area (Å²) in [6, 6.07) is 0. The van der Waals surface area contributed by atoms with Gasteiger partial charge < -0.3 is 9.97 Å². The van der Waals surface area contributed by atoms with Crippen LogP contribution in [0.4, 0.5) is 0 Å². The van der Waals surface area contributed by atoms with Gasteiger partial charge >= 0.3 is 51.4 Å². The number of imidazole rings is 1. The van der Waals surface area contributed by atoms with E-state index < -0.39 is 0 Å². The molecule has 0 aromatic carbocycles. The quantitative estimate of drug-likeness (QED) is 0.300. The Balaban J connectivity index is 0.000000360. The van der Waals surface area contributed by atoms with Gasteiger partial charge in [-0.2, -0.15) is 0 Å². The second-order valence-corrected chi connectivity index (χ2v) is 1.08. The number of aromatic amines is 1. The van der Waals surface area contributed by atoms with Crippen LogP contribution >= 0.6 is 0 Å². The number of nitrogens with zero attached hydrogens (tertiary/aromatic N) is 1. The molecule has 7 heavy (non-hydrogen) atoms. The van der Waals surface area contributed by atoms with Crippen LogP contribution in [0.3, 0.4) is 0 Å². The standard InChI is InChI=1S/C4H5N2.K/c1-4-2-5-3-6-4;/h2-3H,1H2,(H,5,6);/q-1;+1. The third-order valence-electron chi connectivity index (χ3n) is 0.555. The summed E-state index contributed by atoms with van der Waals surface area (Å²) >= 11 is 0. The molecule has 0 atom stereocenters. The van der Waals surface area contributed by atoms with Crippen LogP contribution < -0.4 is 51.4 Å². The molecule has 3 heteroatoms. The Morgan fingerprint density at radius 2 is 2.43 bits per heavy atom. The SMILES string of the molecule is [CH2-]c1cnc[nH]1.[K+]. The zero-order valence-electron chi connectivity index (χ0n) is 4.31. The molecule has 0 spiro atoms. The summed E-state index contributed by atoms with van der Waals surface area (Å²) in [5, 5.41) is 0. The van der Waals surface area contributed by atoms with E-state index in [-0.39, 0.29) is 51.4 Å². The fourth-order valence-electron chi connectivity index (χ4n) is 0.285. The molecule has 32 valence electrons. The van der Waals surface area contributed by atoms with Gasteiger partial charge in [0.1, 0.15) is 0 Å². The van der Waals surface area contributed by atoms with Gasteiger partial charge in [-0.1, -0.05) is 6.20 Å². The van der Waals surface area contributed by atoms with Crippen molar-refractivity contribution >= 4 is 0 Å². The summed E-state index contributed by atoms with van der Waals surface area (Å²) in [6.07, 6.45) is 3.27. The van der Waals surface area contributed by atoms with Crippen molar-refractivity contribution in [1.29, 1.82) is 0 Å².